The first-order valence-corrected chi connectivity index (χ1v) is 12.7. The second kappa shape index (κ2) is 8.77. The van der Waals surface area contributed by atoms with Crippen LogP contribution in [0.5, 0.6) is 0 Å². The number of piperazine rings is 1. The quantitative estimate of drug-likeness (QED) is 0.616. The molecule has 0 aliphatic carbocycles. The zero-order chi connectivity index (χ0) is 21.5. The van der Waals surface area contributed by atoms with E-state index in [1.165, 1.54) is 0 Å². The summed E-state index contributed by atoms with van der Waals surface area (Å²) in [6.07, 6.45) is -0.179. The fourth-order valence-electron chi connectivity index (χ4n) is 3.97. The Morgan fingerprint density at radius 3 is 2.43 bits per heavy atom. The zero-order valence-electron chi connectivity index (χ0n) is 17.5. The first-order chi connectivity index (χ1) is 14.3. The minimum absolute atomic E-state index is 0.0895. The lowest BCUT2D eigenvalue weighted by Crippen LogP contribution is -2.57. The third-order valence-electron chi connectivity index (χ3n) is 5.49. The molecule has 0 aromatic carbocycles. The molecule has 9 nitrogen and oxygen atoms in total. The summed E-state index contributed by atoms with van der Waals surface area (Å²) >= 11 is 7.19. The summed E-state index contributed by atoms with van der Waals surface area (Å²) in [5.74, 6) is 0.853. The molecule has 2 saturated heterocycles. The maximum absolute atomic E-state index is 13.1. The highest BCUT2D eigenvalue weighted by atomic mass is 32.2. The van der Waals surface area contributed by atoms with E-state index in [0.29, 0.717) is 50.7 Å². The van der Waals surface area contributed by atoms with Gasteiger partial charge in [-0.05, 0) is 37.5 Å². The molecule has 0 N–H and O–H groups in total. The number of hydrogen-bond acceptors (Lipinski definition) is 7. The van der Waals surface area contributed by atoms with Crippen molar-refractivity contribution in [2.45, 2.75) is 32.7 Å². The van der Waals surface area contributed by atoms with Crippen LogP contribution in [0.4, 0.5) is 0 Å². The molecule has 0 bridgehead atoms. The van der Waals surface area contributed by atoms with Gasteiger partial charge in [0, 0.05) is 46.3 Å². The maximum atomic E-state index is 13.1. The summed E-state index contributed by atoms with van der Waals surface area (Å²) in [7, 11) is -1.55. The second-order valence-electron chi connectivity index (χ2n) is 7.88. The molecule has 2 aromatic rings. The van der Waals surface area contributed by atoms with Gasteiger partial charge in [0.05, 0.1) is 23.8 Å². The molecule has 2 atom stereocenters. The Labute approximate surface area is 186 Å². The van der Waals surface area contributed by atoms with E-state index in [1.54, 1.807) is 19.9 Å². The van der Waals surface area contributed by atoms with Crippen molar-refractivity contribution in [2.24, 2.45) is 7.05 Å². The standard InChI is InChI=1S/C18H28N6O3S3/c1-14-11-23(12-15(2)27-14)30(25,26)22-8-6-21(7-9-22)13-24-18(28)20(3)17(19-24)16-5-4-10-29-16/h4-5,10,14-15H,6-9,11-13H2,1-3H3. The van der Waals surface area contributed by atoms with E-state index in [1.807, 2.05) is 47.7 Å². The Bertz CT molecular complexity index is 1010. The summed E-state index contributed by atoms with van der Waals surface area (Å²) in [4.78, 5) is 3.27. The number of morpholine rings is 1. The van der Waals surface area contributed by atoms with Crippen LogP contribution in [0, 0.1) is 4.77 Å². The van der Waals surface area contributed by atoms with Crippen LogP contribution in [-0.4, -0.2) is 87.8 Å². The lowest BCUT2D eigenvalue weighted by atomic mass is 10.3. The predicted octanol–water partition coefficient (Wildman–Crippen LogP) is 1.61. The number of rotatable bonds is 5. The van der Waals surface area contributed by atoms with Crippen LogP contribution in [0.3, 0.4) is 0 Å². The molecule has 166 valence electrons. The molecule has 0 amide bonds. The topological polar surface area (TPSA) is 75.8 Å². The SMILES string of the molecule is CC1CN(S(=O)(=O)N2CCN(Cn3nc(-c4cccs4)n(C)c3=S)CC2)CC(C)O1. The van der Waals surface area contributed by atoms with E-state index in [0.717, 1.165) is 10.7 Å². The Hall–Kier alpha value is -1.15. The molecule has 30 heavy (non-hydrogen) atoms. The van der Waals surface area contributed by atoms with Gasteiger partial charge >= 0.3 is 0 Å². The fraction of sp³-hybridized carbons (Fsp3) is 0.667. The van der Waals surface area contributed by atoms with Crippen LogP contribution >= 0.6 is 23.6 Å². The van der Waals surface area contributed by atoms with E-state index in [-0.39, 0.29) is 12.2 Å². The summed E-state index contributed by atoms with van der Waals surface area (Å²) in [6.45, 7) is 7.39. The van der Waals surface area contributed by atoms with Gasteiger partial charge in [-0.15, -0.1) is 16.4 Å². The van der Waals surface area contributed by atoms with E-state index < -0.39 is 10.2 Å². The molecular formula is C18H28N6O3S3. The van der Waals surface area contributed by atoms with Crippen LogP contribution < -0.4 is 0 Å². The van der Waals surface area contributed by atoms with Crippen LogP contribution in [0.25, 0.3) is 10.7 Å². The monoisotopic (exact) mass is 472 g/mol. The molecule has 2 aliphatic rings. The molecule has 0 saturated carbocycles. The molecule has 0 radical (unpaired) electrons. The van der Waals surface area contributed by atoms with Crippen LogP contribution in [-0.2, 0) is 28.7 Å². The van der Waals surface area contributed by atoms with Crippen molar-refractivity contribution in [1.29, 1.82) is 0 Å². The zero-order valence-corrected chi connectivity index (χ0v) is 19.9. The molecule has 4 heterocycles. The maximum Gasteiger partial charge on any atom is 0.282 e. The van der Waals surface area contributed by atoms with Gasteiger partial charge in [0.2, 0.25) is 0 Å². The fourth-order valence-corrected chi connectivity index (χ4v) is 6.65. The van der Waals surface area contributed by atoms with Crippen molar-refractivity contribution >= 4 is 33.8 Å². The summed E-state index contributed by atoms with van der Waals surface area (Å²) in [5.41, 5.74) is 0. The lowest BCUT2D eigenvalue weighted by Gasteiger charge is -2.40. The molecule has 2 aliphatic heterocycles. The average Bonchev–Trinajstić information content (AvgIpc) is 3.32. The molecule has 4 rings (SSSR count). The number of ether oxygens (including phenoxy) is 1. The first kappa shape index (κ1) is 22.1. The van der Waals surface area contributed by atoms with Crippen LogP contribution in [0.2, 0.25) is 0 Å². The van der Waals surface area contributed by atoms with E-state index in [4.69, 9.17) is 22.1 Å². The normalized spacial score (nSPS) is 25.0. The van der Waals surface area contributed by atoms with Gasteiger partial charge < -0.3 is 9.30 Å². The smallest absolute Gasteiger partial charge is 0.282 e. The van der Waals surface area contributed by atoms with Crippen LogP contribution in [0.1, 0.15) is 13.8 Å². The highest BCUT2D eigenvalue weighted by Gasteiger charge is 2.36. The van der Waals surface area contributed by atoms with Crippen molar-refractivity contribution < 1.29 is 13.2 Å². The van der Waals surface area contributed by atoms with Gasteiger partial charge in [-0.2, -0.15) is 17.0 Å². The molecule has 0 spiro atoms. The van der Waals surface area contributed by atoms with Gasteiger partial charge in [-0.25, -0.2) is 4.68 Å². The Morgan fingerprint density at radius 1 is 1.17 bits per heavy atom. The number of hydrogen-bond donors (Lipinski definition) is 0. The predicted molar refractivity (Wildman–Crippen MR) is 119 cm³/mol. The first-order valence-electron chi connectivity index (χ1n) is 10.1. The minimum atomic E-state index is -3.47. The average molecular weight is 473 g/mol. The third-order valence-corrected chi connectivity index (χ3v) is 8.81. The van der Waals surface area contributed by atoms with Gasteiger partial charge in [-0.1, -0.05) is 6.07 Å². The number of aromatic nitrogens is 3. The molecule has 2 aromatic heterocycles. The highest BCUT2D eigenvalue weighted by Crippen LogP contribution is 2.23. The van der Waals surface area contributed by atoms with Crippen molar-refractivity contribution in [3.63, 3.8) is 0 Å². The lowest BCUT2D eigenvalue weighted by molar-refractivity contribution is -0.0458. The largest absolute Gasteiger partial charge is 0.373 e. The van der Waals surface area contributed by atoms with Crippen LogP contribution in [0.15, 0.2) is 17.5 Å². The molecule has 2 unspecified atom stereocenters. The van der Waals surface area contributed by atoms with Crippen molar-refractivity contribution in [3.8, 4) is 10.7 Å². The van der Waals surface area contributed by atoms with Gasteiger partial charge in [0.1, 0.15) is 0 Å². The number of thiophene rings is 1. The molecular weight excluding hydrogens is 444 g/mol. The van der Waals surface area contributed by atoms with Crippen molar-refractivity contribution in [1.82, 2.24) is 27.9 Å². The van der Waals surface area contributed by atoms with E-state index in [2.05, 4.69) is 4.90 Å². The van der Waals surface area contributed by atoms with Crippen molar-refractivity contribution in [3.05, 3.63) is 22.3 Å². The Balaban J connectivity index is 1.40. The second-order valence-corrected chi connectivity index (χ2v) is 11.1. The summed E-state index contributed by atoms with van der Waals surface area (Å²) in [5, 5.41) is 6.71. The van der Waals surface area contributed by atoms with E-state index >= 15 is 0 Å². The van der Waals surface area contributed by atoms with Gasteiger partial charge in [-0.3, -0.25) is 4.90 Å². The third kappa shape index (κ3) is 4.40. The summed E-state index contributed by atoms with van der Waals surface area (Å²) < 4.78 is 39.4. The Kier molecular flexibility index (Phi) is 6.45. The van der Waals surface area contributed by atoms with E-state index in [9.17, 15) is 8.42 Å². The number of nitrogens with zero attached hydrogens (tertiary/aromatic N) is 6. The Morgan fingerprint density at radius 2 is 1.83 bits per heavy atom. The highest BCUT2D eigenvalue weighted by molar-refractivity contribution is 7.86. The minimum Gasteiger partial charge on any atom is -0.373 e. The summed E-state index contributed by atoms with van der Waals surface area (Å²) in [6, 6.07) is 4.03. The molecule has 2 fully saturated rings. The molecule has 12 heteroatoms. The van der Waals surface area contributed by atoms with Gasteiger partial charge in [0.25, 0.3) is 10.2 Å². The van der Waals surface area contributed by atoms with Crippen molar-refractivity contribution in [2.75, 3.05) is 39.3 Å². The van der Waals surface area contributed by atoms with Gasteiger partial charge in [0.15, 0.2) is 10.6 Å².